The van der Waals surface area contributed by atoms with Gasteiger partial charge in [-0.05, 0) is 117 Å². The van der Waals surface area contributed by atoms with Crippen LogP contribution in [0.15, 0.2) is 11.6 Å². The maximum absolute atomic E-state index is 15.2. The van der Waals surface area contributed by atoms with E-state index >= 15 is 4.79 Å². The molecule has 31 nitrogen and oxygen atoms in total. The quantitative estimate of drug-likeness (QED) is 0.0392. The first-order valence-electron chi connectivity index (χ1n) is 34.1. The standard InChI is InChI=1S/C65H106O31/c1-25-36(70)42(76)46(80)54(87-25)94-51-41(75)31(21-67)90-57(49(51)83)93-50-37(71)26(2)88-56(48(50)82)95-52-38(72)29(69)22-85-58(52)92-35-12-13-61(5)33(62(35,6)24-68)11-14-64(8)34(61)10-9-27-28-19-60(3,4)15-17-65(28,18-16-63(27,64)7)59(84)96-55-47(81)44(78)40(74)32(91-55)23-86-53-45(79)43(77)39(73)30(20-66)89-53/h9,25-26,28-58,66-83H,10-24H2,1-8H3. The van der Waals surface area contributed by atoms with E-state index in [1.165, 1.54) is 13.8 Å². The van der Waals surface area contributed by atoms with E-state index in [4.69, 9.17) is 56.8 Å². The molecule has 0 aromatic rings. The minimum absolute atomic E-state index is 0.0578. The third-order valence-electron chi connectivity index (χ3n) is 25.3. The van der Waals surface area contributed by atoms with Gasteiger partial charge >= 0.3 is 5.97 Å². The highest BCUT2D eigenvalue weighted by atomic mass is 16.8. The van der Waals surface area contributed by atoms with Crippen molar-refractivity contribution in [1.82, 2.24) is 0 Å². The van der Waals surface area contributed by atoms with E-state index in [-0.39, 0.29) is 35.2 Å². The molecule has 18 N–H and O–H groups in total. The lowest BCUT2D eigenvalue weighted by Crippen LogP contribution is -2.67. The molecule has 4 saturated carbocycles. The van der Waals surface area contributed by atoms with Gasteiger partial charge in [0.1, 0.15) is 128 Å². The summed E-state index contributed by atoms with van der Waals surface area (Å²) >= 11 is 0. The summed E-state index contributed by atoms with van der Waals surface area (Å²) in [6.07, 6.45) is -40.9. The normalized spacial score (nSPS) is 55.1. The Hall–Kier alpha value is -1.95. The summed E-state index contributed by atoms with van der Waals surface area (Å²) in [5, 5.41) is 197. The summed E-state index contributed by atoms with van der Waals surface area (Å²) in [6.45, 7) is 13.2. The fourth-order valence-electron chi connectivity index (χ4n) is 19.0. The smallest absolute Gasteiger partial charge is 0.315 e. The largest absolute Gasteiger partial charge is 0.432 e. The van der Waals surface area contributed by atoms with Gasteiger partial charge in [0.2, 0.25) is 6.29 Å². The Kier molecular flexibility index (Phi) is 22.1. The minimum atomic E-state index is -1.99. The summed E-state index contributed by atoms with van der Waals surface area (Å²) in [4.78, 5) is 15.2. The molecule has 0 spiro atoms. The second kappa shape index (κ2) is 28.3. The maximum Gasteiger partial charge on any atom is 0.315 e. The summed E-state index contributed by atoms with van der Waals surface area (Å²) in [7, 11) is 0. The van der Waals surface area contributed by atoms with Crippen LogP contribution >= 0.6 is 0 Å². The molecule has 6 heterocycles. The predicted octanol–water partition coefficient (Wildman–Crippen LogP) is -4.72. The van der Waals surface area contributed by atoms with E-state index in [1.807, 2.05) is 6.92 Å². The topological polar surface area (TPSA) is 492 Å². The van der Waals surface area contributed by atoms with Crippen LogP contribution in [0.1, 0.15) is 120 Å². The first-order chi connectivity index (χ1) is 45.1. The summed E-state index contributed by atoms with van der Waals surface area (Å²) < 4.78 is 71.5. The lowest BCUT2D eigenvalue weighted by atomic mass is 9.33. The molecular weight excluding hydrogens is 1280 g/mol. The second-order valence-corrected chi connectivity index (χ2v) is 31.3. The Labute approximate surface area is 556 Å². The highest BCUT2D eigenvalue weighted by Crippen LogP contribution is 2.76. The third kappa shape index (κ3) is 12.8. The van der Waals surface area contributed by atoms with Gasteiger partial charge in [0, 0.05) is 5.41 Å². The predicted molar refractivity (Wildman–Crippen MR) is 321 cm³/mol. The van der Waals surface area contributed by atoms with Gasteiger partial charge in [-0.25, -0.2) is 0 Å². The number of esters is 1. The van der Waals surface area contributed by atoms with Gasteiger partial charge in [-0.15, -0.1) is 0 Å². The number of rotatable bonds is 16. The van der Waals surface area contributed by atoms with Crippen molar-refractivity contribution in [3.8, 4) is 0 Å². The van der Waals surface area contributed by atoms with Crippen LogP contribution < -0.4 is 0 Å². The molecule has 0 bridgehead atoms. The first-order valence-corrected chi connectivity index (χ1v) is 34.1. The first kappa shape index (κ1) is 75.2. The summed E-state index contributed by atoms with van der Waals surface area (Å²) in [5.41, 5.74) is -2.27. The fraction of sp³-hybridized carbons (Fsp3) is 0.954. The molecule has 6 aliphatic heterocycles. The molecule has 0 radical (unpaired) electrons. The lowest BCUT2D eigenvalue weighted by molar-refractivity contribution is -0.391. The van der Waals surface area contributed by atoms with Gasteiger partial charge in [0.05, 0.1) is 56.8 Å². The number of hydrogen-bond acceptors (Lipinski definition) is 31. The van der Waals surface area contributed by atoms with Crippen LogP contribution in [0.2, 0.25) is 0 Å². The highest BCUT2D eigenvalue weighted by Gasteiger charge is 2.71. The number of carbonyl (C=O) groups excluding carboxylic acids is 1. The molecule has 11 aliphatic rings. The van der Waals surface area contributed by atoms with Crippen molar-refractivity contribution in [2.75, 3.05) is 33.0 Å². The third-order valence-corrected chi connectivity index (χ3v) is 25.3. The van der Waals surface area contributed by atoms with Gasteiger partial charge in [-0.2, -0.15) is 0 Å². The van der Waals surface area contributed by atoms with Gasteiger partial charge in [0.25, 0.3) is 0 Å². The van der Waals surface area contributed by atoms with Gasteiger partial charge in [-0.3, -0.25) is 4.79 Å². The number of hydrogen-bond donors (Lipinski definition) is 18. The Morgan fingerprint density at radius 2 is 1.03 bits per heavy atom. The molecule has 0 amide bonds. The maximum atomic E-state index is 15.2. The van der Waals surface area contributed by atoms with E-state index in [2.05, 4.69) is 40.7 Å². The fourth-order valence-corrected chi connectivity index (χ4v) is 19.0. The molecule has 10 fully saturated rings. The molecule has 31 heteroatoms. The van der Waals surface area contributed by atoms with Crippen LogP contribution in [0.4, 0.5) is 0 Å². The van der Waals surface area contributed by atoms with E-state index in [1.54, 1.807) is 0 Å². The number of carbonyl (C=O) groups is 1. The van der Waals surface area contributed by atoms with E-state index in [0.29, 0.717) is 57.8 Å². The molecule has 5 aliphatic carbocycles. The van der Waals surface area contributed by atoms with Crippen molar-refractivity contribution < 1.29 is 154 Å². The van der Waals surface area contributed by atoms with Crippen molar-refractivity contribution in [3.63, 3.8) is 0 Å². The van der Waals surface area contributed by atoms with Crippen LogP contribution in [0.3, 0.4) is 0 Å². The monoisotopic (exact) mass is 1380 g/mol. The Morgan fingerprint density at radius 1 is 0.500 bits per heavy atom. The number of aliphatic hydroxyl groups excluding tert-OH is 18. The van der Waals surface area contributed by atoms with E-state index < -0.39 is 238 Å². The van der Waals surface area contributed by atoms with Crippen LogP contribution in [0.25, 0.3) is 0 Å². The van der Waals surface area contributed by atoms with Gasteiger partial charge in [0.15, 0.2) is 31.5 Å². The summed E-state index contributed by atoms with van der Waals surface area (Å²) in [5.74, 6) is -1.03. The van der Waals surface area contributed by atoms with Crippen molar-refractivity contribution in [3.05, 3.63) is 11.6 Å². The molecule has 38 atom stereocenters. The van der Waals surface area contributed by atoms with E-state index in [9.17, 15) is 91.9 Å². The van der Waals surface area contributed by atoms with Crippen molar-refractivity contribution in [2.45, 2.75) is 304 Å². The number of allylic oxidation sites excluding steroid dienone is 2. The van der Waals surface area contributed by atoms with Crippen LogP contribution in [0, 0.1) is 50.2 Å². The average Bonchev–Trinajstić information content (AvgIpc) is 0.675. The van der Waals surface area contributed by atoms with Crippen molar-refractivity contribution in [2.24, 2.45) is 50.2 Å². The molecule has 0 aromatic heterocycles. The van der Waals surface area contributed by atoms with Crippen LogP contribution in [-0.2, 0) is 61.6 Å². The lowest BCUT2D eigenvalue weighted by Gasteiger charge is -2.71. The average molecular weight is 1380 g/mol. The molecule has 552 valence electrons. The number of aliphatic hydroxyl groups is 18. The number of fused-ring (bicyclic) bond motifs is 7. The van der Waals surface area contributed by atoms with Crippen molar-refractivity contribution in [1.29, 1.82) is 0 Å². The molecular formula is C65H106O31. The zero-order valence-electron chi connectivity index (χ0n) is 55.6. The zero-order valence-corrected chi connectivity index (χ0v) is 55.6. The van der Waals surface area contributed by atoms with Gasteiger partial charge in [-0.1, -0.05) is 53.2 Å². The Balaban J connectivity index is 0.781. The SMILES string of the molecule is CC1OC(OC2C(O)C(CO)OC(OC3C(O)C(C)OC(OC4C(OC5CCC6(C)C(CCC7(C)C6CC=C6C8CC(C)(C)CCC8(C(=O)OC8OC(COC9OC(CO)C(O)C(O)C9O)C(O)C(O)C8O)CCC67C)C5(C)CO)OCC(O)C4O)C3O)C2O)C(O)C(O)C1O. The highest BCUT2D eigenvalue weighted by molar-refractivity contribution is 5.79. The molecule has 6 saturated heterocycles. The molecule has 11 rings (SSSR count). The zero-order chi connectivity index (χ0) is 70.0. The van der Waals surface area contributed by atoms with E-state index in [0.717, 1.165) is 12.0 Å². The van der Waals surface area contributed by atoms with Crippen LogP contribution in [0.5, 0.6) is 0 Å². The number of ether oxygens (including phenoxy) is 12. The Morgan fingerprint density at radius 3 is 1.68 bits per heavy atom. The molecule has 96 heavy (non-hydrogen) atoms. The molecule has 38 unspecified atom stereocenters. The van der Waals surface area contributed by atoms with Crippen LogP contribution in [-0.4, -0.2) is 315 Å². The Bertz CT molecular complexity index is 2700. The molecule has 0 aromatic carbocycles. The minimum Gasteiger partial charge on any atom is -0.432 e. The van der Waals surface area contributed by atoms with Gasteiger partial charge < -0.3 is 149 Å². The second-order valence-electron chi connectivity index (χ2n) is 31.3. The van der Waals surface area contributed by atoms with Crippen molar-refractivity contribution >= 4 is 5.97 Å². The summed E-state index contributed by atoms with van der Waals surface area (Å²) in [6, 6.07) is 0.